The summed E-state index contributed by atoms with van der Waals surface area (Å²) in [5.41, 5.74) is 1.04. The van der Waals surface area contributed by atoms with Gasteiger partial charge in [-0.2, -0.15) is 10.4 Å². The normalized spacial score (nSPS) is 15.8. The molecule has 4 heterocycles. The largest absolute Gasteiger partial charge is 0.337 e. The molecule has 0 aliphatic carbocycles. The van der Waals surface area contributed by atoms with Crippen LogP contribution in [0.25, 0.3) is 10.9 Å². The minimum atomic E-state index is -3.76. The lowest BCUT2D eigenvalue weighted by molar-refractivity contribution is 0.101. The van der Waals surface area contributed by atoms with Crippen LogP contribution < -0.4 is 10.9 Å². The van der Waals surface area contributed by atoms with Gasteiger partial charge in [-0.3, -0.25) is 19.4 Å². The molecule has 1 aliphatic rings. The van der Waals surface area contributed by atoms with Crippen LogP contribution in [0.5, 0.6) is 0 Å². The van der Waals surface area contributed by atoms with Crippen molar-refractivity contribution in [2.45, 2.75) is 36.2 Å². The van der Waals surface area contributed by atoms with Gasteiger partial charge < -0.3 is 10.3 Å². The molecular formula is C27H30N8O3S. The molecule has 0 radical (unpaired) electrons. The van der Waals surface area contributed by atoms with E-state index in [1.54, 1.807) is 41.3 Å². The summed E-state index contributed by atoms with van der Waals surface area (Å²) in [6.07, 6.45) is 6.72. The third kappa shape index (κ3) is 5.04. The van der Waals surface area contributed by atoms with Crippen molar-refractivity contribution >= 4 is 32.4 Å². The summed E-state index contributed by atoms with van der Waals surface area (Å²) in [6, 6.07) is 14.6. The monoisotopic (exact) mass is 546 g/mol. The second kappa shape index (κ2) is 10.6. The van der Waals surface area contributed by atoms with Crippen LogP contribution in [0.3, 0.4) is 0 Å². The Morgan fingerprint density at radius 1 is 1.15 bits per heavy atom. The van der Waals surface area contributed by atoms with Crippen molar-refractivity contribution in [1.29, 1.82) is 5.26 Å². The highest BCUT2D eigenvalue weighted by Crippen LogP contribution is 2.38. The number of piperidine rings is 1. The summed E-state index contributed by atoms with van der Waals surface area (Å²) in [7, 11) is -0.829. The van der Waals surface area contributed by atoms with E-state index in [0.717, 1.165) is 29.5 Å². The van der Waals surface area contributed by atoms with Crippen LogP contribution in [0, 0.1) is 11.3 Å². The topological polar surface area (TPSA) is 140 Å². The first-order chi connectivity index (χ1) is 18.7. The fraction of sp³-hybridized carbons (Fsp3) is 0.333. The van der Waals surface area contributed by atoms with Crippen LogP contribution in [0.4, 0.5) is 11.5 Å². The number of anilines is 2. The van der Waals surface area contributed by atoms with E-state index in [0.29, 0.717) is 29.4 Å². The number of hydrogen-bond donors (Lipinski definition) is 2. The molecule has 12 heteroatoms. The Morgan fingerprint density at radius 2 is 1.92 bits per heavy atom. The van der Waals surface area contributed by atoms with E-state index in [4.69, 9.17) is 5.10 Å². The molecule has 0 amide bonds. The first-order valence-electron chi connectivity index (χ1n) is 12.6. The van der Waals surface area contributed by atoms with Gasteiger partial charge in [0.1, 0.15) is 10.3 Å². The van der Waals surface area contributed by atoms with E-state index in [1.165, 1.54) is 20.2 Å². The molecule has 0 bridgehead atoms. The number of fused-ring (bicyclic) bond motifs is 1. The average Bonchev–Trinajstić information content (AvgIpc) is 3.31. The fourth-order valence-electron chi connectivity index (χ4n) is 5.13. The van der Waals surface area contributed by atoms with Gasteiger partial charge in [0.15, 0.2) is 5.82 Å². The van der Waals surface area contributed by atoms with E-state index in [1.807, 2.05) is 18.3 Å². The van der Waals surface area contributed by atoms with Crippen LogP contribution in [0.15, 0.2) is 70.7 Å². The zero-order valence-corrected chi connectivity index (χ0v) is 22.6. The smallest absolute Gasteiger partial charge is 0.261 e. The number of sulfonamides is 1. The molecular weight excluding hydrogens is 516 g/mol. The first-order valence-corrected chi connectivity index (χ1v) is 14.1. The maximum absolute atomic E-state index is 13.0. The lowest BCUT2D eigenvalue weighted by Gasteiger charge is -2.41. The van der Waals surface area contributed by atoms with E-state index in [-0.39, 0.29) is 22.7 Å². The second-order valence-corrected chi connectivity index (χ2v) is 12.1. The van der Waals surface area contributed by atoms with Gasteiger partial charge in [-0.05, 0) is 42.7 Å². The van der Waals surface area contributed by atoms with E-state index in [2.05, 4.69) is 26.3 Å². The van der Waals surface area contributed by atoms with Gasteiger partial charge in [-0.1, -0.05) is 18.2 Å². The number of benzene rings is 1. The van der Waals surface area contributed by atoms with Gasteiger partial charge in [0.25, 0.3) is 5.56 Å². The quantitative estimate of drug-likeness (QED) is 0.344. The summed E-state index contributed by atoms with van der Waals surface area (Å²) in [6.45, 7) is 2.25. The van der Waals surface area contributed by atoms with Crippen molar-refractivity contribution in [1.82, 2.24) is 29.0 Å². The number of aromatic amines is 1. The maximum Gasteiger partial charge on any atom is 0.261 e. The Morgan fingerprint density at radius 3 is 2.62 bits per heavy atom. The Kier molecular flexibility index (Phi) is 7.22. The van der Waals surface area contributed by atoms with E-state index < -0.39 is 15.6 Å². The third-order valence-corrected chi connectivity index (χ3v) is 9.15. The Hall–Kier alpha value is -4.05. The van der Waals surface area contributed by atoms with Crippen molar-refractivity contribution in [3.05, 3.63) is 77.0 Å². The van der Waals surface area contributed by atoms with Gasteiger partial charge in [-0.25, -0.2) is 12.7 Å². The molecule has 4 aromatic rings. The molecule has 0 unspecified atom stereocenters. The van der Waals surface area contributed by atoms with Crippen LogP contribution in [-0.2, 0) is 22.1 Å². The summed E-state index contributed by atoms with van der Waals surface area (Å²) in [4.78, 5) is 22.3. The van der Waals surface area contributed by atoms with Gasteiger partial charge in [0.2, 0.25) is 10.0 Å². The van der Waals surface area contributed by atoms with E-state index >= 15 is 0 Å². The number of aromatic nitrogens is 4. The van der Waals surface area contributed by atoms with Crippen LogP contribution >= 0.6 is 0 Å². The molecule has 202 valence electrons. The number of likely N-dealkylation sites (tertiary alicyclic amines) is 1. The predicted octanol–water partition coefficient (Wildman–Crippen LogP) is 3.02. The fourth-order valence-corrected chi connectivity index (χ4v) is 6.17. The number of hydrogen-bond acceptors (Lipinski definition) is 8. The van der Waals surface area contributed by atoms with Gasteiger partial charge in [-0.15, -0.1) is 0 Å². The SMILES string of the molecule is CN(C)S(=O)(=O)c1ccccc1Nc1nn(C2(CC#N)CCN(Cc3cccnc3)CC2)c2cc[nH]c(=O)c12. The molecule has 2 N–H and O–H groups in total. The Bertz CT molecular complexity index is 1680. The minimum Gasteiger partial charge on any atom is -0.337 e. The Labute approximate surface area is 226 Å². The van der Waals surface area contributed by atoms with Crippen molar-refractivity contribution in [2.24, 2.45) is 0 Å². The standard InChI is InChI=1S/C27H30N8O3S/c1-33(2)39(37,38)23-8-4-3-7-21(23)31-25-24-22(9-15-30-26(24)36)35(32-25)27(10-13-28)11-16-34(17-12-27)19-20-6-5-14-29-18-20/h3-9,14-15,18H,10-12,16-17,19H2,1-2H3,(H,30,36)(H,31,32). The highest BCUT2D eigenvalue weighted by molar-refractivity contribution is 7.89. The third-order valence-electron chi connectivity index (χ3n) is 7.28. The molecule has 39 heavy (non-hydrogen) atoms. The predicted molar refractivity (Wildman–Crippen MR) is 148 cm³/mol. The molecule has 0 saturated carbocycles. The number of nitriles is 1. The Balaban J connectivity index is 1.54. The zero-order valence-electron chi connectivity index (χ0n) is 21.8. The molecule has 1 fully saturated rings. The molecule has 1 aliphatic heterocycles. The number of pyridine rings is 2. The number of rotatable bonds is 8. The zero-order chi connectivity index (χ0) is 27.6. The molecule has 1 aromatic carbocycles. The van der Waals surface area contributed by atoms with Crippen molar-refractivity contribution < 1.29 is 8.42 Å². The van der Waals surface area contributed by atoms with Gasteiger partial charge in [0.05, 0.1) is 29.2 Å². The van der Waals surface area contributed by atoms with Crippen LogP contribution in [0.2, 0.25) is 0 Å². The van der Waals surface area contributed by atoms with Gasteiger partial charge >= 0.3 is 0 Å². The molecule has 0 spiro atoms. The molecule has 5 rings (SSSR count). The van der Waals surface area contributed by atoms with Crippen LogP contribution in [-0.4, -0.2) is 64.6 Å². The van der Waals surface area contributed by atoms with Crippen LogP contribution in [0.1, 0.15) is 24.8 Å². The van der Waals surface area contributed by atoms with Gasteiger partial charge in [0, 0.05) is 52.3 Å². The summed E-state index contributed by atoms with van der Waals surface area (Å²) in [5.74, 6) is 0.239. The lowest BCUT2D eigenvalue weighted by Crippen LogP contribution is -2.46. The summed E-state index contributed by atoms with van der Waals surface area (Å²) in [5, 5.41) is 18.1. The number of para-hydroxylation sites is 1. The van der Waals surface area contributed by atoms with E-state index in [9.17, 15) is 18.5 Å². The molecule has 1 saturated heterocycles. The van der Waals surface area contributed by atoms with Crippen molar-refractivity contribution in [3.8, 4) is 6.07 Å². The highest BCUT2D eigenvalue weighted by Gasteiger charge is 2.39. The maximum atomic E-state index is 13.0. The first kappa shape index (κ1) is 26.6. The lowest BCUT2D eigenvalue weighted by atomic mass is 9.84. The van der Waals surface area contributed by atoms with Crippen molar-refractivity contribution in [2.75, 3.05) is 32.5 Å². The minimum absolute atomic E-state index is 0.0699. The number of H-pyrrole nitrogens is 1. The second-order valence-electron chi connectivity index (χ2n) is 9.93. The highest BCUT2D eigenvalue weighted by atomic mass is 32.2. The van der Waals surface area contributed by atoms with Crippen molar-refractivity contribution in [3.63, 3.8) is 0 Å². The molecule has 11 nitrogen and oxygen atoms in total. The molecule has 3 aromatic heterocycles. The summed E-state index contributed by atoms with van der Waals surface area (Å²) >= 11 is 0. The number of nitrogens with one attached hydrogen (secondary N) is 2. The number of nitrogens with zero attached hydrogens (tertiary/aromatic N) is 6. The summed E-state index contributed by atoms with van der Waals surface area (Å²) < 4.78 is 28.9. The average molecular weight is 547 g/mol. The molecule has 0 atom stereocenters.